The molecule has 0 N–H and O–H groups in total. The molecule has 74 valence electrons. The van der Waals surface area contributed by atoms with E-state index in [1.807, 2.05) is 17.8 Å². The Balaban J connectivity index is 2.34. The van der Waals surface area contributed by atoms with Crippen molar-refractivity contribution in [1.82, 2.24) is 9.55 Å². The summed E-state index contributed by atoms with van der Waals surface area (Å²) in [4.78, 5) is 14.7. The van der Waals surface area contributed by atoms with Crippen molar-refractivity contribution in [2.24, 2.45) is 7.05 Å². The molecule has 14 heavy (non-hydrogen) atoms. The Bertz CT molecular complexity index is 373. The van der Waals surface area contributed by atoms with E-state index in [0.29, 0.717) is 0 Å². The number of carbonyl (C=O) groups excluding carboxylic acids is 1. The van der Waals surface area contributed by atoms with Gasteiger partial charge in [0, 0.05) is 38.5 Å². The number of aryl methyl sites for hydroxylation is 1. The second-order valence-corrected chi connectivity index (χ2v) is 4.03. The fourth-order valence-electron chi connectivity index (χ4n) is 0.873. The van der Waals surface area contributed by atoms with Crippen LogP contribution >= 0.6 is 11.8 Å². The molecule has 0 aliphatic carbocycles. The highest BCUT2D eigenvalue weighted by molar-refractivity contribution is 8.13. The molecule has 0 amide bonds. The molecule has 0 saturated heterocycles. The molecule has 0 unspecified atom stereocenters. The topological polar surface area (TPSA) is 34.9 Å². The van der Waals surface area contributed by atoms with Gasteiger partial charge < -0.3 is 4.57 Å². The number of nitrogens with zero attached hydrogens (tertiary/aromatic N) is 2. The van der Waals surface area contributed by atoms with Crippen LogP contribution in [0.5, 0.6) is 0 Å². The fraction of sp³-hybridized carbons (Fsp3) is 0.400. The SMILES string of the molecule is CC(=O)SCCC#Cc1nccn1C. The van der Waals surface area contributed by atoms with E-state index < -0.39 is 0 Å². The monoisotopic (exact) mass is 208 g/mol. The summed E-state index contributed by atoms with van der Waals surface area (Å²) in [6.07, 6.45) is 4.29. The maximum atomic E-state index is 10.6. The van der Waals surface area contributed by atoms with Crippen LogP contribution in [0.25, 0.3) is 0 Å². The average Bonchev–Trinajstić information content (AvgIpc) is 2.51. The standard InChI is InChI=1S/C10H12N2OS/c1-9(13)14-8-4-3-5-10-11-6-7-12(10)2/h6-7H,4,8H2,1-2H3. The molecule has 0 aromatic carbocycles. The molecular weight excluding hydrogens is 196 g/mol. The average molecular weight is 208 g/mol. The van der Waals surface area contributed by atoms with Crippen LogP contribution in [0.4, 0.5) is 0 Å². The first-order valence-electron chi connectivity index (χ1n) is 4.29. The number of rotatable bonds is 2. The van der Waals surface area contributed by atoms with Gasteiger partial charge in [0.1, 0.15) is 0 Å². The summed E-state index contributed by atoms with van der Waals surface area (Å²) < 4.78 is 1.87. The van der Waals surface area contributed by atoms with Gasteiger partial charge in [-0.15, -0.1) is 0 Å². The van der Waals surface area contributed by atoms with Crippen LogP contribution in [0.1, 0.15) is 19.2 Å². The first-order valence-corrected chi connectivity index (χ1v) is 5.28. The van der Waals surface area contributed by atoms with Gasteiger partial charge in [-0.3, -0.25) is 4.79 Å². The van der Waals surface area contributed by atoms with Crippen LogP contribution in [0.15, 0.2) is 12.4 Å². The Hall–Kier alpha value is -1.21. The van der Waals surface area contributed by atoms with Gasteiger partial charge in [0.25, 0.3) is 0 Å². The minimum Gasteiger partial charge on any atom is -0.327 e. The van der Waals surface area contributed by atoms with Crippen molar-refractivity contribution in [2.45, 2.75) is 13.3 Å². The van der Waals surface area contributed by atoms with Gasteiger partial charge in [-0.2, -0.15) is 0 Å². The van der Waals surface area contributed by atoms with Gasteiger partial charge in [0.05, 0.1) is 0 Å². The van der Waals surface area contributed by atoms with Crippen molar-refractivity contribution >= 4 is 16.9 Å². The molecule has 0 spiro atoms. The van der Waals surface area contributed by atoms with E-state index in [1.165, 1.54) is 11.8 Å². The number of thioether (sulfide) groups is 1. The van der Waals surface area contributed by atoms with Crippen LogP contribution in [-0.2, 0) is 11.8 Å². The molecule has 0 atom stereocenters. The van der Waals surface area contributed by atoms with Crippen molar-refractivity contribution < 1.29 is 4.79 Å². The number of carbonyl (C=O) groups is 1. The highest BCUT2D eigenvalue weighted by atomic mass is 32.2. The van der Waals surface area contributed by atoms with Gasteiger partial charge in [0.2, 0.25) is 0 Å². The molecule has 1 aromatic heterocycles. The lowest BCUT2D eigenvalue weighted by Gasteiger charge is -1.90. The van der Waals surface area contributed by atoms with Gasteiger partial charge in [-0.05, 0) is 5.92 Å². The Morgan fingerprint density at radius 2 is 2.50 bits per heavy atom. The lowest BCUT2D eigenvalue weighted by molar-refractivity contribution is -0.109. The van der Waals surface area contributed by atoms with Gasteiger partial charge in [0.15, 0.2) is 10.9 Å². The molecule has 0 bridgehead atoms. The molecule has 4 heteroatoms. The molecule has 0 aliphatic rings. The molecule has 0 saturated carbocycles. The zero-order valence-electron chi connectivity index (χ0n) is 8.28. The fourth-order valence-corrected chi connectivity index (χ4v) is 1.36. The number of aromatic nitrogens is 2. The molecule has 0 aliphatic heterocycles. The Labute approximate surface area is 87.9 Å². The summed E-state index contributed by atoms with van der Waals surface area (Å²) in [5.74, 6) is 7.44. The lowest BCUT2D eigenvalue weighted by Crippen LogP contribution is -1.90. The first-order chi connectivity index (χ1) is 6.70. The summed E-state index contributed by atoms with van der Waals surface area (Å²) in [6, 6.07) is 0. The maximum absolute atomic E-state index is 10.6. The minimum atomic E-state index is 0.142. The zero-order chi connectivity index (χ0) is 10.4. The van der Waals surface area contributed by atoms with E-state index in [1.54, 1.807) is 13.1 Å². The predicted octanol–water partition coefficient (Wildman–Crippen LogP) is 1.44. The van der Waals surface area contributed by atoms with Crippen LogP contribution in [0.3, 0.4) is 0 Å². The van der Waals surface area contributed by atoms with Gasteiger partial charge >= 0.3 is 0 Å². The molecule has 0 fully saturated rings. The Morgan fingerprint density at radius 1 is 1.71 bits per heavy atom. The quantitative estimate of drug-likeness (QED) is 0.545. The first kappa shape index (κ1) is 10.9. The van der Waals surface area contributed by atoms with Gasteiger partial charge in [-0.1, -0.05) is 17.7 Å². The van der Waals surface area contributed by atoms with E-state index in [0.717, 1.165) is 18.0 Å². The molecule has 1 aromatic rings. The predicted molar refractivity (Wildman–Crippen MR) is 57.8 cm³/mol. The van der Waals surface area contributed by atoms with E-state index in [9.17, 15) is 4.79 Å². The van der Waals surface area contributed by atoms with Crippen molar-refractivity contribution in [3.05, 3.63) is 18.2 Å². The number of imidazole rings is 1. The lowest BCUT2D eigenvalue weighted by atomic mass is 10.4. The Morgan fingerprint density at radius 3 is 3.07 bits per heavy atom. The normalized spacial score (nSPS) is 9.29. The smallest absolute Gasteiger partial charge is 0.185 e. The van der Waals surface area contributed by atoms with E-state index in [-0.39, 0.29) is 5.12 Å². The van der Waals surface area contributed by atoms with Crippen LogP contribution in [0.2, 0.25) is 0 Å². The molecule has 1 heterocycles. The van der Waals surface area contributed by atoms with Crippen molar-refractivity contribution in [2.75, 3.05) is 5.75 Å². The molecule has 0 radical (unpaired) electrons. The van der Waals surface area contributed by atoms with Crippen molar-refractivity contribution in [3.8, 4) is 11.8 Å². The molecular formula is C10H12N2OS. The third-order valence-electron chi connectivity index (χ3n) is 1.55. The summed E-state index contributed by atoms with van der Waals surface area (Å²) in [5.41, 5.74) is 0. The second-order valence-electron chi connectivity index (χ2n) is 2.75. The summed E-state index contributed by atoms with van der Waals surface area (Å²) in [5, 5.41) is 0.142. The minimum absolute atomic E-state index is 0.142. The zero-order valence-corrected chi connectivity index (χ0v) is 9.10. The van der Waals surface area contributed by atoms with E-state index in [2.05, 4.69) is 16.8 Å². The highest BCUT2D eigenvalue weighted by Gasteiger charge is 1.92. The third-order valence-corrected chi connectivity index (χ3v) is 2.37. The number of hydrogen-bond acceptors (Lipinski definition) is 3. The van der Waals surface area contributed by atoms with E-state index >= 15 is 0 Å². The summed E-state index contributed by atoms with van der Waals surface area (Å²) >= 11 is 1.30. The highest BCUT2D eigenvalue weighted by Crippen LogP contribution is 2.02. The molecule has 1 rings (SSSR count). The van der Waals surface area contributed by atoms with Crippen LogP contribution < -0.4 is 0 Å². The summed E-state index contributed by atoms with van der Waals surface area (Å²) in [7, 11) is 1.90. The number of hydrogen-bond donors (Lipinski definition) is 0. The van der Waals surface area contributed by atoms with Crippen molar-refractivity contribution in [3.63, 3.8) is 0 Å². The van der Waals surface area contributed by atoms with Crippen LogP contribution in [0, 0.1) is 11.8 Å². The summed E-state index contributed by atoms with van der Waals surface area (Å²) in [6.45, 7) is 1.57. The van der Waals surface area contributed by atoms with Crippen molar-refractivity contribution in [1.29, 1.82) is 0 Å². The maximum Gasteiger partial charge on any atom is 0.185 e. The Kier molecular flexibility index (Phi) is 4.27. The second kappa shape index (κ2) is 5.51. The van der Waals surface area contributed by atoms with Gasteiger partial charge in [-0.25, -0.2) is 4.98 Å². The van der Waals surface area contributed by atoms with E-state index in [4.69, 9.17) is 0 Å². The largest absolute Gasteiger partial charge is 0.327 e. The third kappa shape index (κ3) is 3.67. The molecule has 3 nitrogen and oxygen atoms in total. The van der Waals surface area contributed by atoms with Crippen LogP contribution in [-0.4, -0.2) is 20.4 Å².